The first-order chi connectivity index (χ1) is 6.37. The third kappa shape index (κ3) is 3.96. The van der Waals surface area contributed by atoms with Gasteiger partial charge in [-0.1, -0.05) is 13.8 Å². The predicted molar refractivity (Wildman–Crippen MR) is 59.1 cm³/mol. The van der Waals surface area contributed by atoms with Crippen LogP contribution in [0.15, 0.2) is 0 Å². The van der Waals surface area contributed by atoms with E-state index in [4.69, 9.17) is 0 Å². The first-order valence-electron chi connectivity index (χ1n) is 5.31. The Hall–Kier alpha value is -0.0900. The second-order valence-electron chi connectivity index (χ2n) is 4.79. The Kier molecular flexibility index (Phi) is 3.58. The number of hydrogen-bond acceptors (Lipinski definition) is 3. The summed E-state index contributed by atoms with van der Waals surface area (Å²) in [4.78, 5) is 0. The van der Waals surface area contributed by atoms with Gasteiger partial charge < -0.3 is 5.32 Å². The minimum absolute atomic E-state index is 0.0809. The molecule has 0 bridgehead atoms. The topological polar surface area (TPSA) is 46.2 Å². The van der Waals surface area contributed by atoms with Gasteiger partial charge in [-0.2, -0.15) is 0 Å². The van der Waals surface area contributed by atoms with Crippen molar-refractivity contribution in [3.8, 4) is 0 Å². The first kappa shape index (κ1) is 12.0. The molecule has 0 aliphatic heterocycles. The van der Waals surface area contributed by atoms with Crippen molar-refractivity contribution in [3.63, 3.8) is 0 Å². The molecule has 1 fully saturated rings. The van der Waals surface area contributed by atoms with Crippen molar-refractivity contribution in [2.24, 2.45) is 5.41 Å². The molecule has 84 valence electrons. The fraction of sp³-hybridized carbons (Fsp3) is 1.00. The lowest BCUT2D eigenvalue weighted by Gasteiger charge is -2.16. The van der Waals surface area contributed by atoms with Crippen molar-refractivity contribution >= 4 is 9.84 Å². The van der Waals surface area contributed by atoms with Crippen molar-refractivity contribution < 1.29 is 8.42 Å². The zero-order valence-electron chi connectivity index (χ0n) is 9.34. The van der Waals surface area contributed by atoms with Crippen LogP contribution in [-0.4, -0.2) is 32.5 Å². The number of sulfone groups is 1. The molecule has 0 saturated heterocycles. The van der Waals surface area contributed by atoms with Crippen LogP contribution < -0.4 is 5.32 Å². The Morgan fingerprint density at radius 1 is 1.43 bits per heavy atom. The summed E-state index contributed by atoms with van der Waals surface area (Å²) >= 11 is 0. The second kappa shape index (κ2) is 4.19. The molecule has 1 saturated carbocycles. The minimum Gasteiger partial charge on any atom is -0.313 e. The summed E-state index contributed by atoms with van der Waals surface area (Å²) in [6.45, 7) is 6.83. The van der Waals surface area contributed by atoms with Crippen molar-refractivity contribution in [2.75, 3.05) is 18.1 Å². The Morgan fingerprint density at radius 2 is 2.00 bits per heavy atom. The average molecular weight is 219 g/mol. The van der Waals surface area contributed by atoms with Crippen LogP contribution in [0.25, 0.3) is 0 Å². The Bertz CT molecular complexity index is 280. The van der Waals surface area contributed by atoms with Crippen molar-refractivity contribution in [1.82, 2.24) is 5.32 Å². The maximum atomic E-state index is 11.3. The summed E-state index contributed by atoms with van der Waals surface area (Å²) in [7, 11) is -2.83. The lowest BCUT2D eigenvalue weighted by atomic mass is 10.1. The van der Waals surface area contributed by atoms with Gasteiger partial charge in [0.2, 0.25) is 0 Å². The van der Waals surface area contributed by atoms with Gasteiger partial charge in [0.05, 0.1) is 5.75 Å². The zero-order valence-corrected chi connectivity index (χ0v) is 10.2. The van der Waals surface area contributed by atoms with E-state index in [9.17, 15) is 8.42 Å². The summed E-state index contributed by atoms with van der Waals surface area (Å²) in [5.41, 5.74) is 0.449. The molecule has 4 heteroatoms. The van der Waals surface area contributed by atoms with Crippen molar-refractivity contribution in [1.29, 1.82) is 0 Å². The third-order valence-electron chi connectivity index (χ3n) is 2.92. The molecule has 3 nitrogen and oxygen atoms in total. The van der Waals surface area contributed by atoms with Gasteiger partial charge in [-0.3, -0.25) is 0 Å². The Balaban J connectivity index is 2.25. The lowest BCUT2D eigenvalue weighted by molar-refractivity contribution is 0.462. The summed E-state index contributed by atoms with van der Waals surface area (Å²) in [6.07, 6.45) is 2.54. The molecule has 0 spiro atoms. The SMILES string of the molecule is CCS(=O)(=O)CC(C)NCC1(C)CC1. The molecule has 1 aliphatic carbocycles. The maximum absolute atomic E-state index is 11.3. The molecule has 0 aromatic carbocycles. The Labute approximate surface area is 87.2 Å². The molecule has 1 rings (SSSR count). The van der Waals surface area contributed by atoms with Crippen molar-refractivity contribution in [2.45, 2.75) is 39.7 Å². The van der Waals surface area contributed by atoms with Crippen LogP contribution in [-0.2, 0) is 9.84 Å². The molecule has 0 aromatic heterocycles. The standard InChI is InChI=1S/C10H21NO2S/c1-4-14(12,13)7-9(2)11-8-10(3)5-6-10/h9,11H,4-8H2,1-3H3. The minimum atomic E-state index is -2.83. The lowest BCUT2D eigenvalue weighted by Crippen LogP contribution is -2.36. The van der Waals surface area contributed by atoms with Gasteiger partial charge >= 0.3 is 0 Å². The van der Waals surface area contributed by atoms with Gasteiger partial charge in [-0.25, -0.2) is 8.42 Å². The largest absolute Gasteiger partial charge is 0.313 e. The second-order valence-corrected chi connectivity index (χ2v) is 7.19. The molecule has 1 aliphatic rings. The van der Waals surface area contributed by atoms with Crippen LogP contribution in [0.4, 0.5) is 0 Å². The smallest absolute Gasteiger partial charge is 0.151 e. The zero-order chi connectivity index (χ0) is 10.8. The van der Waals surface area contributed by atoms with E-state index in [1.807, 2.05) is 6.92 Å². The summed E-state index contributed by atoms with van der Waals surface area (Å²) in [6, 6.07) is 0.0809. The fourth-order valence-electron chi connectivity index (χ4n) is 1.37. The van der Waals surface area contributed by atoms with E-state index in [0.717, 1.165) is 6.54 Å². The maximum Gasteiger partial charge on any atom is 0.151 e. The van der Waals surface area contributed by atoms with E-state index in [-0.39, 0.29) is 17.5 Å². The number of hydrogen-bond donors (Lipinski definition) is 1. The number of rotatable bonds is 6. The molecular formula is C10H21NO2S. The van der Waals surface area contributed by atoms with E-state index < -0.39 is 9.84 Å². The summed E-state index contributed by atoms with van der Waals surface area (Å²) in [5.74, 6) is 0.510. The molecule has 1 atom stereocenters. The van der Waals surface area contributed by atoms with Crippen LogP contribution in [0, 0.1) is 5.41 Å². The van der Waals surface area contributed by atoms with Gasteiger partial charge in [-0.05, 0) is 25.2 Å². The van der Waals surface area contributed by atoms with Crippen LogP contribution in [0.2, 0.25) is 0 Å². The first-order valence-corrected chi connectivity index (χ1v) is 7.13. The van der Waals surface area contributed by atoms with Crippen LogP contribution >= 0.6 is 0 Å². The summed E-state index contributed by atoms with van der Waals surface area (Å²) < 4.78 is 22.6. The molecule has 0 radical (unpaired) electrons. The summed E-state index contributed by atoms with van der Waals surface area (Å²) in [5, 5.41) is 3.30. The highest BCUT2D eigenvalue weighted by Crippen LogP contribution is 2.44. The highest BCUT2D eigenvalue weighted by Gasteiger charge is 2.37. The molecule has 0 amide bonds. The van der Waals surface area contributed by atoms with E-state index in [2.05, 4.69) is 12.2 Å². The highest BCUT2D eigenvalue weighted by molar-refractivity contribution is 7.91. The molecule has 14 heavy (non-hydrogen) atoms. The van der Waals surface area contributed by atoms with Gasteiger partial charge in [0, 0.05) is 18.3 Å². The average Bonchev–Trinajstić information content (AvgIpc) is 2.81. The predicted octanol–water partition coefficient (Wildman–Crippen LogP) is 1.20. The van der Waals surface area contributed by atoms with Gasteiger partial charge in [-0.15, -0.1) is 0 Å². The van der Waals surface area contributed by atoms with E-state index in [1.165, 1.54) is 12.8 Å². The van der Waals surface area contributed by atoms with Crippen LogP contribution in [0.1, 0.15) is 33.6 Å². The van der Waals surface area contributed by atoms with Crippen LogP contribution in [0.3, 0.4) is 0 Å². The molecule has 0 heterocycles. The van der Waals surface area contributed by atoms with Gasteiger partial charge in [0.25, 0.3) is 0 Å². The van der Waals surface area contributed by atoms with Gasteiger partial charge in [0.15, 0.2) is 9.84 Å². The van der Waals surface area contributed by atoms with E-state index in [0.29, 0.717) is 5.41 Å². The normalized spacial score (nSPS) is 21.9. The molecule has 0 aromatic rings. The molecular weight excluding hydrogens is 198 g/mol. The fourth-order valence-corrected chi connectivity index (χ4v) is 2.48. The molecule has 1 unspecified atom stereocenters. The van der Waals surface area contributed by atoms with E-state index in [1.54, 1.807) is 6.92 Å². The molecule has 1 N–H and O–H groups in total. The number of nitrogens with one attached hydrogen (secondary N) is 1. The Morgan fingerprint density at radius 3 is 2.43 bits per heavy atom. The van der Waals surface area contributed by atoms with Crippen molar-refractivity contribution in [3.05, 3.63) is 0 Å². The van der Waals surface area contributed by atoms with Gasteiger partial charge in [0.1, 0.15) is 0 Å². The third-order valence-corrected chi connectivity index (χ3v) is 4.81. The van der Waals surface area contributed by atoms with E-state index >= 15 is 0 Å². The quantitative estimate of drug-likeness (QED) is 0.730. The highest BCUT2D eigenvalue weighted by atomic mass is 32.2. The monoisotopic (exact) mass is 219 g/mol. The van der Waals surface area contributed by atoms with Crippen LogP contribution in [0.5, 0.6) is 0 Å².